The highest BCUT2D eigenvalue weighted by Crippen LogP contribution is 2.24. The lowest BCUT2D eigenvalue weighted by Gasteiger charge is -2.06. The number of nitrogens with zero attached hydrogens (tertiary/aromatic N) is 2. The van der Waals surface area contributed by atoms with Crippen LogP contribution >= 0.6 is 33.9 Å². The number of hydrogen-bond acceptors (Lipinski definition) is 5. The zero-order valence-electron chi connectivity index (χ0n) is 9.51. The topological polar surface area (TPSA) is 68.1 Å². The summed E-state index contributed by atoms with van der Waals surface area (Å²) in [6, 6.07) is 4.77. The van der Waals surface area contributed by atoms with Crippen molar-refractivity contribution in [2.75, 3.05) is 5.32 Å². The summed E-state index contributed by atoms with van der Waals surface area (Å²) in [4.78, 5) is 14.6. The molecule has 0 saturated heterocycles. The first-order valence-corrected chi connectivity index (χ1v) is 7.11. The molecule has 0 fully saturated rings. The van der Waals surface area contributed by atoms with Gasteiger partial charge in [0.25, 0.3) is 5.69 Å². The lowest BCUT2D eigenvalue weighted by atomic mass is 10.3. The third-order valence-corrected chi connectivity index (χ3v) is 4.00. The van der Waals surface area contributed by atoms with E-state index in [2.05, 4.69) is 32.9 Å². The fourth-order valence-electron chi connectivity index (χ4n) is 1.44. The van der Waals surface area contributed by atoms with Crippen LogP contribution in [0.5, 0.6) is 0 Å². The summed E-state index contributed by atoms with van der Waals surface area (Å²) in [5.41, 5.74) is 1.97. The van der Waals surface area contributed by atoms with E-state index in [0.717, 1.165) is 20.0 Å². The molecule has 0 aliphatic rings. The number of thiazole rings is 1. The number of nitro benzene ring substituents is 1. The Morgan fingerprint density at radius 1 is 1.56 bits per heavy atom. The van der Waals surface area contributed by atoms with E-state index >= 15 is 0 Å². The predicted molar refractivity (Wildman–Crippen MR) is 80.0 cm³/mol. The predicted octanol–water partition coefficient (Wildman–Crippen LogP) is 3.58. The highest BCUT2D eigenvalue weighted by Gasteiger charge is 2.09. The highest BCUT2D eigenvalue weighted by atomic mass is 127. The molecule has 0 aliphatic carbocycles. The fraction of sp³-hybridized carbons (Fsp3) is 0.182. The lowest BCUT2D eigenvalue weighted by molar-refractivity contribution is -0.384. The van der Waals surface area contributed by atoms with Crippen molar-refractivity contribution in [1.29, 1.82) is 0 Å². The van der Waals surface area contributed by atoms with Gasteiger partial charge < -0.3 is 5.32 Å². The Balaban J connectivity index is 2.08. The van der Waals surface area contributed by atoms with Crippen molar-refractivity contribution in [2.24, 2.45) is 0 Å². The SMILES string of the molecule is Cc1nc(CNc2ccc([N+](=O)[O-])cc2I)cs1. The molecule has 0 saturated carbocycles. The molecule has 1 aromatic carbocycles. The van der Waals surface area contributed by atoms with E-state index in [4.69, 9.17) is 0 Å². The molecule has 0 aliphatic heterocycles. The smallest absolute Gasteiger partial charge is 0.270 e. The zero-order chi connectivity index (χ0) is 13.1. The highest BCUT2D eigenvalue weighted by molar-refractivity contribution is 14.1. The number of aromatic nitrogens is 1. The van der Waals surface area contributed by atoms with Gasteiger partial charge in [0.2, 0.25) is 0 Å². The van der Waals surface area contributed by atoms with Crippen molar-refractivity contribution in [3.8, 4) is 0 Å². The van der Waals surface area contributed by atoms with Crippen molar-refractivity contribution >= 4 is 45.3 Å². The van der Waals surface area contributed by atoms with Crippen molar-refractivity contribution in [3.63, 3.8) is 0 Å². The van der Waals surface area contributed by atoms with Gasteiger partial charge in [0.15, 0.2) is 0 Å². The Hall–Kier alpha value is -1.22. The van der Waals surface area contributed by atoms with Crippen LogP contribution in [-0.4, -0.2) is 9.91 Å². The number of benzene rings is 1. The van der Waals surface area contributed by atoms with Crippen LogP contribution in [0.25, 0.3) is 0 Å². The molecular formula is C11H10IN3O2S. The third kappa shape index (κ3) is 3.16. The fourth-order valence-corrected chi connectivity index (χ4v) is 2.74. The van der Waals surface area contributed by atoms with Crippen LogP contribution in [-0.2, 0) is 6.54 Å². The average Bonchev–Trinajstić information content (AvgIpc) is 2.73. The van der Waals surface area contributed by atoms with Crippen LogP contribution < -0.4 is 5.32 Å². The largest absolute Gasteiger partial charge is 0.378 e. The van der Waals surface area contributed by atoms with Crippen molar-refractivity contribution in [2.45, 2.75) is 13.5 Å². The molecule has 1 N–H and O–H groups in total. The minimum atomic E-state index is -0.393. The molecule has 0 bridgehead atoms. The summed E-state index contributed by atoms with van der Waals surface area (Å²) in [5.74, 6) is 0. The van der Waals surface area contributed by atoms with Gasteiger partial charge in [0.1, 0.15) is 0 Å². The molecule has 2 aromatic rings. The summed E-state index contributed by atoms with van der Waals surface area (Å²) in [7, 11) is 0. The molecule has 0 spiro atoms. The maximum atomic E-state index is 10.6. The number of hydrogen-bond donors (Lipinski definition) is 1. The van der Waals surface area contributed by atoms with E-state index in [1.807, 2.05) is 12.3 Å². The molecule has 0 unspecified atom stereocenters. The van der Waals surface area contributed by atoms with Gasteiger partial charge in [-0.1, -0.05) is 0 Å². The van der Waals surface area contributed by atoms with Crippen LogP contribution in [0, 0.1) is 20.6 Å². The molecule has 7 heteroatoms. The van der Waals surface area contributed by atoms with E-state index in [-0.39, 0.29) is 5.69 Å². The van der Waals surface area contributed by atoms with Crippen LogP contribution in [0.3, 0.4) is 0 Å². The Morgan fingerprint density at radius 3 is 2.89 bits per heavy atom. The van der Waals surface area contributed by atoms with E-state index in [0.29, 0.717) is 6.54 Å². The first-order valence-electron chi connectivity index (χ1n) is 5.15. The van der Waals surface area contributed by atoms with Crippen LogP contribution in [0.1, 0.15) is 10.7 Å². The van der Waals surface area contributed by atoms with Crippen molar-refractivity contribution < 1.29 is 4.92 Å². The molecule has 2 rings (SSSR count). The van der Waals surface area contributed by atoms with Crippen LogP contribution in [0.2, 0.25) is 0 Å². The monoisotopic (exact) mass is 375 g/mol. The van der Waals surface area contributed by atoms with Gasteiger partial charge in [-0.2, -0.15) is 0 Å². The molecule has 0 radical (unpaired) electrons. The van der Waals surface area contributed by atoms with Gasteiger partial charge in [-0.3, -0.25) is 10.1 Å². The molecular weight excluding hydrogens is 365 g/mol. The number of non-ortho nitro benzene ring substituents is 1. The number of rotatable bonds is 4. The van der Waals surface area contributed by atoms with Gasteiger partial charge >= 0.3 is 0 Å². The maximum Gasteiger partial charge on any atom is 0.270 e. The molecule has 0 amide bonds. The number of nitro groups is 1. The van der Waals surface area contributed by atoms with E-state index < -0.39 is 4.92 Å². The second-order valence-corrected chi connectivity index (χ2v) is 5.86. The normalized spacial score (nSPS) is 10.3. The Bertz CT molecular complexity index is 585. The van der Waals surface area contributed by atoms with Crippen LogP contribution in [0.15, 0.2) is 23.6 Å². The molecule has 18 heavy (non-hydrogen) atoms. The van der Waals surface area contributed by atoms with Crippen molar-refractivity contribution in [3.05, 3.63) is 48.0 Å². The van der Waals surface area contributed by atoms with Gasteiger partial charge in [-0.05, 0) is 35.6 Å². The minimum Gasteiger partial charge on any atom is -0.378 e. The minimum absolute atomic E-state index is 0.106. The Labute approximate surface area is 122 Å². The van der Waals surface area contributed by atoms with E-state index in [9.17, 15) is 10.1 Å². The number of aryl methyl sites for hydroxylation is 1. The van der Waals surface area contributed by atoms with Gasteiger partial charge in [-0.25, -0.2) is 4.98 Å². The first kappa shape index (κ1) is 13.2. The average molecular weight is 375 g/mol. The Kier molecular flexibility index (Phi) is 4.12. The number of nitrogens with one attached hydrogen (secondary N) is 1. The number of anilines is 1. The lowest BCUT2D eigenvalue weighted by Crippen LogP contribution is -2.02. The van der Waals surface area contributed by atoms with Gasteiger partial charge in [0, 0.05) is 26.8 Å². The van der Waals surface area contributed by atoms with E-state index in [1.54, 1.807) is 23.5 Å². The third-order valence-electron chi connectivity index (χ3n) is 2.29. The molecule has 0 atom stereocenters. The quantitative estimate of drug-likeness (QED) is 0.504. The van der Waals surface area contributed by atoms with Crippen LogP contribution in [0.4, 0.5) is 11.4 Å². The first-order chi connectivity index (χ1) is 8.56. The summed E-state index contributed by atoms with van der Waals surface area (Å²) in [5, 5.41) is 16.9. The second kappa shape index (κ2) is 5.61. The van der Waals surface area contributed by atoms with Gasteiger partial charge in [0.05, 0.1) is 22.2 Å². The second-order valence-electron chi connectivity index (χ2n) is 3.63. The van der Waals surface area contributed by atoms with E-state index in [1.165, 1.54) is 6.07 Å². The van der Waals surface area contributed by atoms with Gasteiger partial charge in [-0.15, -0.1) is 11.3 Å². The standard InChI is InChI=1S/C11H10IN3O2S/c1-7-14-8(6-18-7)5-13-11-3-2-9(15(16)17)4-10(11)12/h2-4,6,13H,5H2,1H3. The Morgan fingerprint density at radius 2 is 2.33 bits per heavy atom. The van der Waals surface area contributed by atoms with Crippen molar-refractivity contribution in [1.82, 2.24) is 4.98 Å². The summed E-state index contributed by atoms with van der Waals surface area (Å²) in [6.45, 7) is 2.59. The summed E-state index contributed by atoms with van der Waals surface area (Å²) < 4.78 is 0.828. The summed E-state index contributed by atoms with van der Waals surface area (Å²) in [6.07, 6.45) is 0. The zero-order valence-corrected chi connectivity index (χ0v) is 12.5. The maximum absolute atomic E-state index is 10.6. The number of halogens is 1. The molecule has 5 nitrogen and oxygen atoms in total. The molecule has 1 aromatic heterocycles. The molecule has 94 valence electrons. The summed E-state index contributed by atoms with van der Waals surface area (Å²) >= 11 is 3.69. The molecule has 1 heterocycles.